The normalized spacial score (nSPS) is 11.2. The van der Waals surface area contributed by atoms with Gasteiger partial charge in [0.15, 0.2) is 0 Å². The van der Waals surface area contributed by atoms with Gasteiger partial charge in [-0.05, 0) is 34.9 Å². The number of benzene rings is 3. The lowest BCUT2D eigenvalue weighted by atomic mass is 9.97. The molecule has 0 aromatic heterocycles. The third-order valence-electron chi connectivity index (χ3n) is 5.09. The average molecular weight is 349 g/mol. The first-order chi connectivity index (χ1) is 12.7. The van der Waals surface area contributed by atoms with Gasteiger partial charge in [0.05, 0.1) is 0 Å². The second kappa shape index (κ2) is 8.95. The molecule has 2 heteroatoms. The van der Waals surface area contributed by atoms with Crippen LogP contribution in [0.2, 0.25) is 0 Å². The second-order valence-corrected chi connectivity index (χ2v) is 7.05. The predicted molar refractivity (Wildman–Crippen MR) is 110 cm³/mol. The maximum absolute atomic E-state index is 15.0. The van der Waals surface area contributed by atoms with Gasteiger partial charge >= 0.3 is 0 Å². The van der Waals surface area contributed by atoms with Gasteiger partial charge in [0.25, 0.3) is 0 Å². The summed E-state index contributed by atoms with van der Waals surface area (Å²) in [5.74, 6) is -0.141. The number of hydrogen-bond acceptors (Lipinski definition) is 1. The van der Waals surface area contributed by atoms with Crippen LogP contribution in [0.1, 0.15) is 50.2 Å². The van der Waals surface area contributed by atoms with Crippen molar-refractivity contribution in [1.82, 2.24) is 0 Å². The largest absolute Gasteiger partial charge is 0.326 e. The molecule has 0 aliphatic rings. The summed E-state index contributed by atoms with van der Waals surface area (Å²) in [5.41, 5.74) is 9.53. The van der Waals surface area contributed by atoms with Crippen LogP contribution in [0.4, 0.5) is 4.39 Å². The Balaban J connectivity index is 1.79. The molecule has 3 aromatic carbocycles. The lowest BCUT2D eigenvalue weighted by molar-refractivity contribution is 0.632. The molecule has 26 heavy (non-hydrogen) atoms. The highest BCUT2D eigenvalue weighted by Gasteiger charge is 2.10. The van der Waals surface area contributed by atoms with E-state index >= 15 is 4.39 Å². The molecular formula is C24H28FN. The maximum atomic E-state index is 15.0. The number of fused-ring (bicyclic) bond motifs is 1. The fourth-order valence-corrected chi connectivity index (χ4v) is 3.47. The maximum Gasteiger partial charge on any atom is 0.138 e. The Kier molecular flexibility index (Phi) is 6.40. The molecule has 0 spiro atoms. The summed E-state index contributed by atoms with van der Waals surface area (Å²) >= 11 is 0. The van der Waals surface area contributed by atoms with Crippen LogP contribution in [0.3, 0.4) is 0 Å². The molecule has 0 radical (unpaired) electrons. The van der Waals surface area contributed by atoms with Crippen LogP contribution in [0.15, 0.2) is 54.6 Å². The van der Waals surface area contributed by atoms with Gasteiger partial charge in [-0.15, -0.1) is 0 Å². The zero-order valence-electron chi connectivity index (χ0n) is 15.6. The summed E-state index contributed by atoms with van der Waals surface area (Å²) in [4.78, 5) is 0. The SMILES string of the molecule is CCCCCCCc1ccc2c(F)c(-c3ccc(CN)cc3)ccc2c1. The van der Waals surface area contributed by atoms with Crippen molar-refractivity contribution in [3.63, 3.8) is 0 Å². The molecule has 0 unspecified atom stereocenters. The average Bonchev–Trinajstić information content (AvgIpc) is 2.68. The highest BCUT2D eigenvalue weighted by atomic mass is 19.1. The van der Waals surface area contributed by atoms with Crippen molar-refractivity contribution in [3.05, 3.63) is 71.5 Å². The van der Waals surface area contributed by atoms with Gasteiger partial charge in [0, 0.05) is 17.5 Å². The molecule has 136 valence electrons. The number of halogens is 1. The van der Waals surface area contributed by atoms with Crippen molar-refractivity contribution >= 4 is 10.8 Å². The molecule has 3 rings (SSSR count). The smallest absolute Gasteiger partial charge is 0.138 e. The van der Waals surface area contributed by atoms with Crippen LogP contribution in [-0.4, -0.2) is 0 Å². The molecule has 0 heterocycles. The standard InChI is InChI=1S/C24H28FN/c1-2-3-4-5-6-7-18-10-14-23-21(16-18)13-15-22(24(23)25)20-11-8-19(17-26)9-12-20/h8-16H,2-7,17,26H2,1H3. The molecule has 2 N–H and O–H groups in total. The van der Waals surface area contributed by atoms with Crippen LogP contribution >= 0.6 is 0 Å². The zero-order chi connectivity index (χ0) is 18.4. The molecular weight excluding hydrogens is 321 g/mol. The summed E-state index contributed by atoms with van der Waals surface area (Å²) in [6.45, 7) is 2.74. The van der Waals surface area contributed by atoms with E-state index < -0.39 is 0 Å². The highest BCUT2D eigenvalue weighted by Crippen LogP contribution is 2.30. The molecule has 1 nitrogen and oxygen atoms in total. The van der Waals surface area contributed by atoms with E-state index in [-0.39, 0.29) is 5.82 Å². The van der Waals surface area contributed by atoms with Gasteiger partial charge in [-0.3, -0.25) is 0 Å². The van der Waals surface area contributed by atoms with Gasteiger partial charge in [-0.1, -0.05) is 87.2 Å². The van der Waals surface area contributed by atoms with E-state index in [2.05, 4.69) is 19.1 Å². The first-order valence-corrected chi connectivity index (χ1v) is 9.73. The topological polar surface area (TPSA) is 26.0 Å². The number of rotatable bonds is 8. The van der Waals surface area contributed by atoms with Crippen molar-refractivity contribution in [2.75, 3.05) is 0 Å². The molecule has 0 saturated carbocycles. The lowest BCUT2D eigenvalue weighted by Gasteiger charge is -2.09. The van der Waals surface area contributed by atoms with Gasteiger partial charge in [-0.2, -0.15) is 0 Å². The van der Waals surface area contributed by atoms with E-state index in [1.807, 2.05) is 42.5 Å². The van der Waals surface area contributed by atoms with E-state index in [4.69, 9.17) is 5.73 Å². The van der Waals surface area contributed by atoms with E-state index in [9.17, 15) is 0 Å². The fourth-order valence-electron chi connectivity index (χ4n) is 3.47. The fraction of sp³-hybridized carbons (Fsp3) is 0.333. The summed E-state index contributed by atoms with van der Waals surface area (Å²) in [5, 5.41) is 1.68. The van der Waals surface area contributed by atoms with E-state index in [1.165, 1.54) is 37.7 Å². The van der Waals surface area contributed by atoms with Crippen molar-refractivity contribution in [3.8, 4) is 11.1 Å². The second-order valence-electron chi connectivity index (χ2n) is 7.05. The Labute approximate surface area is 156 Å². The first-order valence-electron chi connectivity index (χ1n) is 9.73. The monoisotopic (exact) mass is 349 g/mol. The van der Waals surface area contributed by atoms with Crippen LogP contribution in [0.5, 0.6) is 0 Å². The summed E-state index contributed by atoms with van der Waals surface area (Å²) < 4.78 is 15.0. The van der Waals surface area contributed by atoms with Gasteiger partial charge in [0.1, 0.15) is 5.82 Å². The van der Waals surface area contributed by atoms with Crippen molar-refractivity contribution in [2.24, 2.45) is 5.73 Å². The summed E-state index contributed by atoms with van der Waals surface area (Å²) in [6, 6.07) is 17.9. The predicted octanol–water partition coefficient (Wildman–Crippen LogP) is 6.62. The Morgan fingerprint density at radius 3 is 2.27 bits per heavy atom. The van der Waals surface area contributed by atoms with Crippen LogP contribution < -0.4 is 5.73 Å². The Morgan fingerprint density at radius 2 is 1.54 bits per heavy atom. The first kappa shape index (κ1) is 18.6. The minimum absolute atomic E-state index is 0.141. The summed E-state index contributed by atoms with van der Waals surface area (Å²) in [6.07, 6.45) is 7.45. The molecule has 3 aromatic rings. The minimum Gasteiger partial charge on any atom is -0.326 e. The highest BCUT2D eigenvalue weighted by molar-refractivity contribution is 5.88. The number of hydrogen-bond donors (Lipinski definition) is 1. The number of nitrogens with two attached hydrogens (primary N) is 1. The van der Waals surface area contributed by atoms with E-state index in [1.54, 1.807) is 0 Å². The van der Waals surface area contributed by atoms with Gasteiger partial charge in [-0.25, -0.2) is 4.39 Å². The summed E-state index contributed by atoms with van der Waals surface area (Å²) in [7, 11) is 0. The third-order valence-corrected chi connectivity index (χ3v) is 5.09. The molecule has 0 fully saturated rings. The Morgan fingerprint density at radius 1 is 0.808 bits per heavy atom. The van der Waals surface area contributed by atoms with Crippen LogP contribution in [0.25, 0.3) is 21.9 Å². The Hall–Kier alpha value is -2.19. The molecule has 0 amide bonds. The number of unbranched alkanes of at least 4 members (excludes halogenated alkanes) is 4. The van der Waals surface area contributed by atoms with Crippen LogP contribution in [-0.2, 0) is 13.0 Å². The Bertz CT molecular complexity index is 852. The molecule has 0 aliphatic heterocycles. The van der Waals surface area contributed by atoms with Gasteiger partial charge in [0.2, 0.25) is 0 Å². The van der Waals surface area contributed by atoms with E-state index in [0.717, 1.165) is 22.9 Å². The third kappa shape index (κ3) is 4.31. The van der Waals surface area contributed by atoms with E-state index in [0.29, 0.717) is 17.5 Å². The zero-order valence-corrected chi connectivity index (χ0v) is 15.6. The van der Waals surface area contributed by atoms with Crippen molar-refractivity contribution in [2.45, 2.75) is 52.0 Å². The van der Waals surface area contributed by atoms with Crippen molar-refractivity contribution < 1.29 is 4.39 Å². The molecule has 0 saturated heterocycles. The van der Waals surface area contributed by atoms with Crippen molar-refractivity contribution in [1.29, 1.82) is 0 Å². The molecule has 0 aliphatic carbocycles. The lowest BCUT2D eigenvalue weighted by Crippen LogP contribution is -1.95. The minimum atomic E-state index is -0.141. The molecule has 0 atom stereocenters. The van der Waals surface area contributed by atoms with Gasteiger partial charge < -0.3 is 5.73 Å². The molecule has 0 bridgehead atoms. The van der Waals surface area contributed by atoms with Crippen LogP contribution in [0, 0.1) is 5.82 Å². The quantitative estimate of drug-likeness (QED) is 0.454. The number of aryl methyl sites for hydroxylation is 1.